The van der Waals surface area contributed by atoms with Crippen LogP contribution in [0.25, 0.3) is 0 Å². The number of sulfonamides is 1. The van der Waals surface area contributed by atoms with E-state index in [0.717, 1.165) is 18.5 Å². The molecule has 5 nitrogen and oxygen atoms in total. The van der Waals surface area contributed by atoms with Crippen molar-refractivity contribution in [3.8, 4) is 0 Å². The number of hydrogen-bond donors (Lipinski definition) is 1. The number of carbonyl (C=O) groups is 1. The van der Waals surface area contributed by atoms with Crippen LogP contribution < -0.4 is 5.32 Å². The van der Waals surface area contributed by atoms with E-state index in [2.05, 4.69) is 9.71 Å². The van der Waals surface area contributed by atoms with E-state index >= 15 is 0 Å². The van der Waals surface area contributed by atoms with Crippen LogP contribution in [-0.4, -0.2) is 26.0 Å². The maximum absolute atomic E-state index is 13.0. The van der Waals surface area contributed by atoms with Gasteiger partial charge in [-0.2, -0.15) is 12.8 Å². The average Bonchev–Trinajstić information content (AvgIpc) is 2.92. The first kappa shape index (κ1) is 15.8. The summed E-state index contributed by atoms with van der Waals surface area (Å²) in [7, 11) is -3.76. The molecular formula is C20H18N2O3S. The molecule has 0 spiro atoms. The molecule has 132 valence electrons. The van der Waals surface area contributed by atoms with Crippen LogP contribution in [-0.2, 0) is 10.0 Å². The van der Waals surface area contributed by atoms with Crippen LogP contribution in [0.1, 0.15) is 59.2 Å². The van der Waals surface area contributed by atoms with Crippen molar-refractivity contribution in [1.29, 1.82) is 0 Å². The van der Waals surface area contributed by atoms with Gasteiger partial charge in [0.2, 0.25) is 0 Å². The largest absolute Gasteiger partial charge is 0.382 e. The lowest BCUT2D eigenvalue weighted by molar-refractivity contribution is 0.103. The highest BCUT2D eigenvalue weighted by atomic mass is 32.2. The highest BCUT2D eigenvalue weighted by molar-refractivity contribution is 7.90. The normalized spacial score (nSPS) is 20.3. The molecule has 6 heteroatoms. The van der Waals surface area contributed by atoms with Crippen LogP contribution in [0.2, 0.25) is 0 Å². The van der Waals surface area contributed by atoms with E-state index in [1.165, 1.54) is 25.3 Å². The Balaban J connectivity index is 1.71. The van der Waals surface area contributed by atoms with Crippen molar-refractivity contribution >= 4 is 27.2 Å². The molecule has 5 rings (SSSR count). The molecule has 1 aliphatic heterocycles. The van der Waals surface area contributed by atoms with Gasteiger partial charge in [0.15, 0.2) is 5.78 Å². The van der Waals surface area contributed by atoms with Gasteiger partial charge >= 0.3 is 0 Å². The van der Waals surface area contributed by atoms with Gasteiger partial charge in [0.05, 0.1) is 10.6 Å². The number of fused-ring (bicyclic) bond motifs is 2. The molecule has 1 fully saturated rings. The Kier molecular flexibility index (Phi) is 3.34. The van der Waals surface area contributed by atoms with Crippen LogP contribution in [0.15, 0.2) is 45.7 Å². The van der Waals surface area contributed by atoms with Crippen molar-refractivity contribution < 1.29 is 13.2 Å². The van der Waals surface area contributed by atoms with Crippen LogP contribution in [0.5, 0.6) is 0 Å². The fourth-order valence-electron chi connectivity index (χ4n) is 4.29. The summed E-state index contributed by atoms with van der Waals surface area (Å²) in [5.74, 6) is -0.139. The Hall–Kier alpha value is -2.47. The van der Waals surface area contributed by atoms with Crippen LogP contribution >= 0.6 is 0 Å². The van der Waals surface area contributed by atoms with Gasteiger partial charge in [0, 0.05) is 34.0 Å². The fourth-order valence-corrected chi connectivity index (χ4v) is 5.53. The first-order valence-electron chi connectivity index (χ1n) is 8.99. The minimum atomic E-state index is -3.76. The van der Waals surface area contributed by atoms with Crippen molar-refractivity contribution in [2.24, 2.45) is 4.40 Å². The minimum absolute atomic E-state index is 0.136. The van der Waals surface area contributed by atoms with Crippen molar-refractivity contribution in [2.75, 3.05) is 5.32 Å². The highest BCUT2D eigenvalue weighted by Gasteiger charge is 2.40. The number of nitrogens with one attached hydrogen (secondary N) is 1. The fraction of sp³-hybridized carbons (Fsp3) is 0.300. The van der Waals surface area contributed by atoms with Gasteiger partial charge in [0.25, 0.3) is 10.0 Å². The smallest absolute Gasteiger partial charge is 0.283 e. The standard InChI is InChI=1S/C20H18N2O3S/c23-20-13-8-4-10-15(21-12-6-2-1-3-7-12)17(13)19-18-14(20)9-5-11-16(18)26(24,25)22-19/h4-5,8-12,21H,1-3,6-7H2. The summed E-state index contributed by atoms with van der Waals surface area (Å²) < 4.78 is 29.0. The van der Waals surface area contributed by atoms with Crippen molar-refractivity contribution in [3.63, 3.8) is 0 Å². The summed E-state index contributed by atoms with van der Waals surface area (Å²) in [4.78, 5) is 13.1. The van der Waals surface area contributed by atoms with Gasteiger partial charge < -0.3 is 5.32 Å². The number of hydrogen-bond acceptors (Lipinski definition) is 4. The zero-order valence-corrected chi connectivity index (χ0v) is 15.0. The van der Waals surface area contributed by atoms with Gasteiger partial charge in [-0.15, -0.1) is 0 Å². The maximum Gasteiger partial charge on any atom is 0.283 e. The molecule has 0 bridgehead atoms. The zero-order valence-electron chi connectivity index (χ0n) is 14.2. The molecule has 3 aliphatic rings. The number of rotatable bonds is 2. The number of benzene rings is 2. The average molecular weight is 366 g/mol. The van der Waals surface area contributed by atoms with Gasteiger partial charge in [-0.05, 0) is 25.0 Å². The SMILES string of the molecule is O=C1c2cccc(NC3CCCCC3)c2C2=NS(=O)(=O)c3cccc1c32. The van der Waals surface area contributed by atoms with Gasteiger partial charge in [-0.25, -0.2) is 0 Å². The lowest BCUT2D eigenvalue weighted by Crippen LogP contribution is -2.26. The summed E-state index contributed by atoms with van der Waals surface area (Å²) in [6.45, 7) is 0. The molecule has 1 saturated carbocycles. The molecular weight excluding hydrogens is 348 g/mol. The van der Waals surface area contributed by atoms with E-state index in [-0.39, 0.29) is 10.7 Å². The maximum atomic E-state index is 13.0. The Morgan fingerprint density at radius 2 is 1.62 bits per heavy atom. The summed E-state index contributed by atoms with van der Waals surface area (Å²) >= 11 is 0. The van der Waals surface area contributed by atoms with E-state index in [0.29, 0.717) is 34.0 Å². The molecule has 2 aliphatic carbocycles. The third-order valence-electron chi connectivity index (χ3n) is 5.51. The Morgan fingerprint density at radius 1 is 0.923 bits per heavy atom. The number of anilines is 1. The molecule has 1 N–H and O–H groups in total. The Bertz CT molecular complexity index is 1080. The summed E-state index contributed by atoms with van der Waals surface area (Å²) in [6, 6.07) is 10.7. The quantitative estimate of drug-likeness (QED) is 0.753. The van der Waals surface area contributed by atoms with E-state index in [4.69, 9.17) is 0 Å². The Morgan fingerprint density at radius 3 is 2.38 bits per heavy atom. The predicted octanol–water partition coefficient (Wildman–Crippen LogP) is 3.52. The molecule has 0 unspecified atom stereocenters. The minimum Gasteiger partial charge on any atom is -0.382 e. The molecule has 0 radical (unpaired) electrons. The van der Waals surface area contributed by atoms with Crippen LogP contribution in [0.3, 0.4) is 0 Å². The number of ketones is 1. The zero-order chi connectivity index (χ0) is 17.9. The van der Waals surface area contributed by atoms with Gasteiger partial charge in [0.1, 0.15) is 0 Å². The molecule has 26 heavy (non-hydrogen) atoms. The van der Waals surface area contributed by atoms with E-state index < -0.39 is 10.0 Å². The lowest BCUT2D eigenvalue weighted by Gasteiger charge is -2.27. The third kappa shape index (κ3) is 2.18. The molecule has 2 aromatic carbocycles. The second-order valence-electron chi connectivity index (χ2n) is 7.13. The predicted molar refractivity (Wildman–Crippen MR) is 99.6 cm³/mol. The number of nitrogens with zero attached hydrogens (tertiary/aromatic N) is 1. The Labute approximate surface area is 152 Å². The van der Waals surface area contributed by atoms with E-state index in [9.17, 15) is 13.2 Å². The molecule has 0 amide bonds. The first-order valence-corrected chi connectivity index (χ1v) is 10.4. The monoisotopic (exact) mass is 366 g/mol. The third-order valence-corrected chi connectivity index (χ3v) is 6.83. The van der Waals surface area contributed by atoms with E-state index in [1.807, 2.05) is 12.1 Å². The molecule has 0 aromatic heterocycles. The van der Waals surface area contributed by atoms with Crippen LogP contribution in [0, 0.1) is 0 Å². The van der Waals surface area contributed by atoms with Crippen molar-refractivity contribution in [3.05, 3.63) is 58.7 Å². The topological polar surface area (TPSA) is 75.6 Å². The van der Waals surface area contributed by atoms with Crippen molar-refractivity contribution in [1.82, 2.24) is 0 Å². The lowest BCUT2D eigenvalue weighted by atomic mass is 9.82. The second kappa shape index (κ2) is 5.51. The molecule has 0 saturated heterocycles. The van der Waals surface area contributed by atoms with Crippen molar-refractivity contribution in [2.45, 2.75) is 43.0 Å². The molecule has 1 heterocycles. The van der Waals surface area contributed by atoms with Crippen LogP contribution in [0.4, 0.5) is 5.69 Å². The van der Waals surface area contributed by atoms with Gasteiger partial charge in [-0.1, -0.05) is 43.5 Å². The summed E-state index contributed by atoms with van der Waals surface area (Å²) in [6.07, 6.45) is 5.81. The summed E-state index contributed by atoms with van der Waals surface area (Å²) in [5.41, 5.74) is 3.24. The second-order valence-corrected chi connectivity index (χ2v) is 8.70. The first-order chi connectivity index (χ1) is 12.6. The van der Waals surface area contributed by atoms with E-state index in [1.54, 1.807) is 18.2 Å². The molecule has 2 aromatic rings. The summed E-state index contributed by atoms with van der Waals surface area (Å²) in [5, 5.41) is 3.55. The number of carbonyl (C=O) groups excluding carboxylic acids is 1. The highest BCUT2D eigenvalue weighted by Crippen LogP contribution is 2.40. The molecule has 0 atom stereocenters. The van der Waals surface area contributed by atoms with Gasteiger partial charge in [-0.3, -0.25) is 4.79 Å².